The number of hydrogen-bond donors (Lipinski definition) is 0. The van der Waals surface area contributed by atoms with Crippen LogP contribution in [0.3, 0.4) is 0 Å². The quantitative estimate of drug-likeness (QED) is 0.276. The summed E-state index contributed by atoms with van der Waals surface area (Å²) in [6.45, 7) is 2.76. The molecule has 0 spiro atoms. The van der Waals surface area contributed by atoms with E-state index in [-0.39, 0.29) is 31.1 Å². The van der Waals surface area contributed by atoms with Gasteiger partial charge in [0.15, 0.2) is 0 Å². The van der Waals surface area contributed by atoms with Gasteiger partial charge in [-0.1, -0.05) is 36.4 Å². The number of amides is 1. The molecule has 0 unspecified atom stereocenters. The molecule has 0 aliphatic rings. The lowest BCUT2D eigenvalue weighted by Crippen LogP contribution is -2.40. The van der Waals surface area contributed by atoms with E-state index in [1.807, 2.05) is 49.4 Å². The fraction of sp³-hybridized carbons (Fsp3) is 0.250. The highest BCUT2D eigenvalue weighted by atomic mass is 19.1. The summed E-state index contributed by atoms with van der Waals surface area (Å²) in [6.07, 6.45) is 2.21. The van der Waals surface area contributed by atoms with Crippen LogP contribution in [0.25, 0.3) is 0 Å². The summed E-state index contributed by atoms with van der Waals surface area (Å²) in [4.78, 5) is 16.9. The van der Waals surface area contributed by atoms with Crippen molar-refractivity contribution in [3.63, 3.8) is 0 Å². The van der Waals surface area contributed by atoms with E-state index in [1.54, 1.807) is 21.9 Å². The predicted molar refractivity (Wildman–Crippen MR) is 128 cm³/mol. The Labute approximate surface area is 203 Å². The second-order valence-corrected chi connectivity index (χ2v) is 8.49. The Hall–Kier alpha value is -3.71. The molecule has 0 aliphatic carbocycles. The van der Waals surface area contributed by atoms with Crippen LogP contribution in [0.4, 0.5) is 8.78 Å². The fourth-order valence-corrected chi connectivity index (χ4v) is 3.95. The first-order valence-electron chi connectivity index (χ1n) is 11.5. The largest absolute Gasteiger partial charge is 0.468 e. The number of furan rings is 2. The van der Waals surface area contributed by atoms with Crippen LogP contribution >= 0.6 is 0 Å². The highest BCUT2D eigenvalue weighted by Crippen LogP contribution is 2.18. The van der Waals surface area contributed by atoms with Gasteiger partial charge in [-0.25, -0.2) is 8.78 Å². The number of halogens is 2. The van der Waals surface area contributed by atoms with E-state index in [9.17, 15) is 13.6 Å². The Bertz CT molecular complexity index is 1200. The van der Waals surface area contributed by atoms with E-state index in [4.69, 9.17) is 8.83 Å². The number of nitrogens with zero attached hydrogens (tertiary/aromatic N) is 2. The monoisotopic (exact) mass is 478 g/mol. The molecule has 7 heteroatoms. The summed E-state index contributed by atoms with van der Waals surface area (Å²) < 4.78 is 39.9. The second-order valence-electron chi connectivity index (χ2n) is 8.49. The van der Waals surface area contributed by atoms with E-state index in [0.29, 0.717) is 31.0 Å². The lowest BCUT2D eigenvalue weighted by atomic mass is 10.1. The average molecular weight is 479 g/mol. The van der Waals surface area contributed by atoms with Gasteiger partial charge in [-0.05, 0) is 55.3 Å². The van der Waals surface area contributed by atoms with Crippen molar-refractivity contribution < 1.29 is 22.4 Å². The number of aryl methyl sites for hydroxylation is 1. The number of rotatable bonds is 11. The normalized spacial score (nSPS) is 11.2. The molecule has 1 amide bonds. The van der Waals surface area contributed by atoms with Crippen molar-refractivity contribution in [3.8, 4) is 0 Å². The first-order chi connectivity index (χ1) is 17.0. The van der Waals surface area contributed by atoms with Gasteiger partial charge in [-0.3, -0.25) is 9.69 Å². The summed E-state index contributed by atoms with van der Waals surface area (Å²) >= 11 is 0. The summed E-state index contributed by atoms with van der Waals surface area (Å²) in [5.74, 6) is 0.597. The van der Waals surface area contributed by atoms with Gasteiger partial charge in [-0.15, -0.1) is 0 Å². The van der Waals surface area contributed by atoms with Crippen LogP contribution in [0.1, 0.15) is 28.4 Å². The minimum Gasteiger partial charge on any atom is -0.468 e. The number of carbonyl (C=O) groups is 1. The van der Waals surface area contributed by atoms with Crippen LogP contribution in [0.2, 0.25) is 0 Å². The third-order valence-electron chi connectivity index (χ3n) is 5.77. The maximum absolute atomic E-state index is 14.4. The molecule has 5 nitrogen and oxygen atoms in total. The molecular formula is C28H28F2N2O3. The van der Waals surface area contributed by atoms with Crippen molar-refractivity contribution in [1.82, 2.24) is 9.80 Å². The van der Waals surface area contributed by atoms with Crippen molar-refractivity contribution in [2.24, 2.45) is 0 Å². The predicted octanol–water partition coefficient (Wildman–Crippen LogP) is 5.73. The summed E-state index contributed by atoms with van der Waals surface area (Å²) in [5.41, 5.74) is 1.03. The Kier molecular flexibility index (Phi) is 8.11. The van der Waals surface area contributed by atoms with Gasteiger partial charge in [-0.2, -0.15) is 0 Å². The molecule has 0 bridgehead atoms. The lowest BCUT2D eigenvalue weighted by molar-refractivity contribution is -0.133. The van der Waals surface area contributed by atoms with Crippen molar-refractivity contribution in [1.29, 1.82) is 0 Å². The molecular weight excluding hydrogens is 450 g/mol. The molecule has 0 fully saturated rings. The topological polar surface area (TPSA) is 49.8 Å². The van der Waals surface area contributed by atoms with E-state index < -0.39 is 11.6 Å². The Morgan fingerprint density at radius 1 is 0.829 bits per heavy atom. The molecule has 0 atom stereocenters. The third kappa shape index (κ3) is 6.90. The molecule has 35 heavy (non-hydrogen) atoms. The van der Waals surface area contributed by atoms with Crippen molar-refractivity contribution in [3.05, 3.63) is 119 Å². The summed E-state index contributed by atoms with van der Waals surface area (Å²) in [6, 6.07) is 20.9. The Morgan fingerprint density at radius 2 is 1.60 bits per heavy atom. The van der Waals surface area contributed by atoms with Crippen LogP contribution in [0.15, 0.2) is 87.9 Å². The van der Waals surface area contributed by atoms with E-state index in [2.05, 4.69) is 0 Å². The molecule has 0 saturated heterocycles. The first-order valence-corrected chi connectivity index (χ1v) is 11.5. The number of hydrogen-bond acceptors (Lipinski definition) is 4. The molecule has 4 rings (SSSR count). The second kappa shape index (κ2) is 11.6. The lowest BCUT2D eigenvalue weighted by Gasteiger charge is -2.27. The van der Waals surface area contributed by atoms with E-state index in [1.165, 1.54) is 24.5 Å². The van der Waals surface area contributed by atoms with Crippen LogP contribution in [0.5, 0.6) is 0 Å². The molecule has 0 radical (unpaired) electrons. The van der Waals surface area contributed by atoms with Gasteiger partial charge in [0.25, 0.3) is 0 Å². The number of carbonyl (C=O) groups excluding carboxylic acids is 1. The molecule has 4 aromatic rings. The zero-order chi connectivity index (χ0) is 24.6. The van der Waals surface area contributed by atoms with Gasteiger partial charge in [0.1, 0.15) is 28.9 Å². The third-order valence-corrected chi connectivity index (χ3v) is 5.77. The van der Waals surface area contributed by atoms with Crippen molar-refractivity contribution in [2.45, 2.75) is 33.0 Å². The molecule has 2 aromatic heterocycles. The molecule has 0 saturated carbocycles. The average Bonchev–Trinajstić information content (AvgIpc) is 3.51. The molecule has 0 N–H and O–H groups in total. The maximum atomic E-state index is 14.4. The minimum atomic E-state index is -0.645. The Balaban J connectivity index is 1.53. The first kappa shape index (κ1) is 24.4. The van der Waals surface area contributed by atoms with Crippen LogP contribution < -0.4 is 0 Å². The van der Waals surface area contributed by atoms with Gasteiger partial charge in [0.05, 0.1) is 25.9 Å². The minimum absolute atomic E-state index is 0.0387. The van der Waals surface area contributed by atoms with Crippen LogP contribution in [-0.2, 0) is 30.8 Å². The molecule has 0 aliphatic heterocycles. The van der Waals surface area contributed by atoms with Gasteiger partial charge < -0.3 is 13.7 Å². The maximum Gasteiger partial charge on any atom is 0.237 e. The SMILES string of the molecule is Cc1ccc(CN(CCc2ccccc2)C(=O)CN(Cc2ccco2)Cc2c(F)cccc2F)o1. The summed E-state index contributed by atoms with van der Waals surface area (Å²) in [7, 11) is 0. The number of benzene rings is 2. The van der Waals surface area contributed by atoms with Crippen molar-refractivity contribution >= 4 is 5.91 Å². The van der Waals surface area contributed by atoms with Crippen LogP contribution in [-0.4, -0.2) is 28.8 Å². The molecule has 182 valence electrons. The zero-order valence-electron chi connectivity index (χ0n) is 19.6. The van der Waals surface area contributed by atoms with Gasteiger partial charge in [0.2, 0.25) is 5.91 Å². The standard InChI is InChI=1S/C28H28F2N2O3/c1-21-12-13-24(35-21)18-32(15-14-22-7-3-2-4-8-22)28(33)20-31(17-23-9-6-16-34-23)19-25-26(29)10-5-11-27(25)30/h2-13,16H,14-15,17-20H2,1H3. The smallest absolute Gasteiger partial charge is 0.237 e. The zero-order valence-corrected chi connectivity index (χ0v) is 19.6. The van der Waals surface area contributed by atoms with E-state index in [0.717, 1.165) is 11.3 Å². The molecule has 2 heterocycles. The summed E-state index contributed by atoms with van der Waals surface area (Å²) in [5, 5.41) is 0. The van der Waals surface area contributed by atoms with Crippen LogP contribution in [0, 0.1) is 18.6 Å². The van der Waals surface area contributed by atoms with Crippen molar-refractivity contribution in [2.75, 3.05) is 13.1 Å². The molecule has 2 aromatic carbocycles. The van der Waals surface area contributed by atoms with Gasteiger partial charge in [0, 0.05) is 18.7 Å². The Morgan fingerprint density at radius 3 is 2.26 bits per heavy atom. The highest BCUT2D eigenvalue weighted by Gasteiger charge is 2.22. The highest BCUT2D eigenvalue weighted by molar-refractivity contribution is 5.78. The fourth-order valence-electron chi connectivity index (χ4n) is 3.95. The van der Waals surface area contributed by atoms with Gasteiger partial charge >= 0.3 is 0 Å². The van der Waals surface area contributed by atoms with E-state index >= 15 is 0 Å².